The van der Waals surface area contributed by atoms with Crippen molar-refractivity contribution in [3.05, 3.63) is 47.5 Å². The van der Waals surface area contributed by atoms with Gasteiger partial charge in [-0.2, -0.15) is 0 Å². The number of ether oxygens (including phenoxy) is 3. The van der Waals surface area contributed by atoms with Crippen LogP contribution in [-0.2, 0) is 16.4 Å². The van der Waals surface area contributed by atoms with Crippen molar-refractivity contribution in [1.29, 1.82) is 0 Å². The van der Waals surface area contributed by atoms with Crippen molar-refractivity contribution >= 4 is 10.0 Å². The molecule has 0 aromatic heterocycles. The quantitative estimate of drug-likeness (QED) is 0.778. The first kappa shape index (κ1) is 19.1. The normalized spacial score (nSPS) is 11.2. The Hall–Kier alpha value is -2.25. The van der Waals surface area contributed by atoms with Crippen molar-refractivity contribution < 1.29 is 22.6 Å². The highest BCUT2D eigenvalue weighted by Gasteiger charge is 2.19. The molecule has 0 aliphatic heterocycles. The maximum Gasteiger partial charge on any atom is 0.244 e. The lowest BCUT2D eigenvalue weighted by Crippen LogP contribution is -2.26. The molecule has 0 aliphatic carbocycles. The molecule has 0 bridgehead atoms. The molecule has 7 heteroatoms. The van der Waals surface area contributed by atoms with Gasteiger partial charge < -0.3 is 14.2 Å². The van der Waals surface area contributed by atoms with Crippen LogP contribution in [0.15, 0.2) is 41.3 Å². The minimum atomic E-state index is -3.65. The molecule has 0 radical (unpaired) electrons. The van der Waals surface area contributed by atoms with Gasteiger partial charge in [0, 0.05) is 6.54 Å². The third kappa shape index (κ3) is 4.64. The summed E-state index contributed by atoms with van der Waals surface area (Å²) in [7, 11) is 0.940. The van der Waals surface area contributed by atoms with Crippen LogP contribution < -0.4 is 18.9 Å². The summed E-state index contributed by atoms with van der Waals surface area (Å²) in [5.74, 6) is 1.58. The molecule has 0 saturated carbocycles. The SMILES string of the molecule is COc1ccc(CCNS(=O)(=O)c2ccc(C)cc2OC)cc1OC. The largest absolute Gasteiger partial charge is 0.495 e. The van der Waals surface area contributed by atoms with E-state index in [0.717, 1.165) is 11.1 Å². The summed E-state index contributed by atoms with van der Waals surface area (Å²) in [6.07, 6.45) is 0.522. The zero-order chi connectivity index (χ0) is 18.4. The Kier molecular flexibility index (Phi) is 6.27. The molecule has 2 rings (SSSR count). The highest BCUT2D eigenvalue weighted by molar-refractivity contribution is 7.89. The highest BCUT2D eigenvalue weighted by Crippen LogP contribution is 2.28. The van der Waals surface area contributed by atoms with E-state index in [9.17, 15) is 8.42 Å². The second-order valence-electron chi connectivity index (χ2n) is 5.49. The monoisotopic (exact) mass is 365 g/mol. The van der Waals surface area contributed by atoms with Crippen molar-refractivity contribution in [1.82, 2.24) is 4.72 Å². The Morgan fingerprint density at radius 3 is 2.20 bits per heavy atom. The van der Waals surface area contributed by atoms with Gasteiger partial charge in [-0.1, -0.05) is 12.1 Å². The van der Waals surface area contributed by atoms with E-state index in [0.29, 0.717) is 23.7 Å². The molecule has 6 nitrogen and oxygen atoms in total. The molecule has 0 fully saturated rings. The van der Waals surface area contributed by atoms with E-state index in [-0.39, 0.29) is 11.4 Å². The van der Waals surface area contributed by atoms with Crippen LogP contribution in [0.4, 0.5) is 0 Å². The van der Waals surface area contributed by atoms with Crippen molar-refractivity contribution in [3.8, 4) is 17.2 Å². The van der Waals surface area contributed by atoms with E-state index >= 15 is 0 Å². The Labute approximate surface area is 148 Å². The third-order valence-electron chi connectivity index (χ3n) is 3.76. The fraction of sp³-hybridized carbons (Fsp3) is 0.333. The highest BCUT2D eigenvalue weighted by atomic mass is 32.2. The fourth-order valence-electron chi connectivity index (χ4n) is 2.44. The van der Waals surface area contributed by atoms with Gasteiger partial charge in [-0.05, 0) is 48.7 Å². The molecular weight excluding hydrogens is 342 g/mol. The second-order valence-corrected chi connectivity index (χ2v) is 7.23. The smallest absolute Gasteiger partial charge is 0.244 e. The van der Waals surface area contributed by atoms with Crippen LogP contribution in [-0.4, -0.2) is 36.3 Å². The fourth-order valence-corrected chi connectivity index (χ4v) is 3.62. The van der Waals surface area contributed by atoms with Crippen LogP contribution in [0.25, 0.3) is 0 Å². The van der Waals surface area contributed by atoms with E-state index < -0.39 is 10.0 Å². The summed E-state index contributed by atoms with van der Waals surface area (Å²) >= 11 is 0. The number of benzene rings is 2. The van der Waals surface area contributed by atoms with Crippen molar-refractivity contribution in [2.45, 2.75) is 18.2 Å². The Balaban J connectivity index is 2.08. The number of aryl methyl sites for hydroxylation is 1. The van der Waals surface area contributed by atoms with Crippen molar-refractivity contribution in [2.75, 3.05) is 27.9 Å². The molecule has 1 N–H and O–H groups in total. The molecular formula is C18H23NO5S. The third-order valence-corrected chi connectivity index (χ3v) is 5.26. The van der Waals surface area contributed by atoms with Crippen LogP contribution in [0.2, 0.25) is 0 Å². The van der Waals surface area contributed by atoms with Gasteiger partial charge in [-0.3, -0.25) is 0 Å². The van der Waals surface area contributed by atoms with E-state index in [1.54, 1.807) is 38.5 Å². The minimum absolute atomic E-state index is 0.132. The van der Waals surface area contributed by atoms with Crippen LogP contribution in [0.5, 0.6) is 17.2 Å². The molecule has 0 unspecified atom stereocenters. The molecule has 2 aromatic rings. The lowest BCUT2D eigenvalue weighted by molar-refractivity contribution is 0.354. The molecule has 0 heterocycles. The van der Waals surface area contributed by atoms with E-state index in [4.69, 9.17) is 14.2 Å². The van der Waals surface area contributed by atoms with Gasteiger partial charge >= 0.3 is 0 Å². The summed E-state index contributed by atoms with van der Waals surface area (Å²) in [6.45, 7) is 2.14. The standard InChI is InChI=1S/C18H23NO5S/c1-13-5-8-18(17(11-13)24-4)25(20,21)19-10-9-14-6-7-15(22-2)16(12-14)23-3/h5-8,11-12,19H,9-10H2,1-4H3. The van der Waals surface area contributed by atoms with Crippen LogP contribution >= 0.6 is 0 Å². The predicted octanol–water partition coefficient (Wildman–Crippen LogP) is 2.54. The van der Waals surface area contributed by atoms with Gasteiger partial charge in [-0.15, -0.1) is 0 Å². The van der Waals surface area contributed by atoms with Gasteiger partial charge in [0.1, 0.15) is 10.6 Å². The topological polar surface area (TPSA) is 73.9 Å². The molecule has 136 valence electrons. The van der Waals surface area contributed by atoms with Gasteiger partial charge in [0.15, 0.2) is 11.5 Å². The van der Waals surface area contributed by atoms with Crippen molar-refractivity contribution in [2.24, 2.45) is 0 Å². The van der Waals surface area contributed by atoms with E-state index in [1.807, 2.05) is 19.1 Å². The Morgan fingerprint density at radius 1 is 0.880 bits per heavy atom. The number of methoxy groups -OCH3 is 3. The first-order chi connectivity index (χ1) is 11.9. The average molecular weight is 365 g/mol. The minimum Gasteiger partial charge on any atom is -0.495 e. The zero-order valence-corrected chi connectivity index (χ0v) is 15.6. The van der Waals surface area contributed by atoms with E-state index in [1.165, 1.54) is 7.11 Å². The Bertz CT molecular complexity index is 833. The van der Waals surface area contributed by atoms with Crippen LogP contribution in [0.1, 0.15) is 11.1 Å². The summed E-state index contributed by atoms with van der Waals surface area (Å²) in [6, 6.07) is 10.5. The van der Waals surface area contributed by atoms with E-state index in [2.05, 4.69) is 4.72 Å². The van der Waals surface area contributed by atoms with Gasteiger partial charge in [0.05, 0.1) is 21.3 Å². The maximum absolute atomic E-state index is 12.5. The number of nitrogens with one attached hydrogen (secondary N) is 1. The average Bonchev–Trinajstić information content (AvgIpc) is 2.60. The van der Waals surface area contributed by atoms with Crippen molar-refractivity contribution in [3.63, 3.8) is 0 Å². The number of sulfonamides is 1. The van der Waals surface area contributed by atoms with Crippen LogP contribution in [0, 0.1) is 6.92 Å². The summed E-state index contributed by atoms with van der Waals surface area (Å²) < 4.78 is 43.2. The molecule has 0 atom stereocenters. The molecule has 0 spiro atoms. The molecule has 0 aliphatic rings. The molecule has 0 amide bonds. The first-order valence-electron chi connectivity index (χ1n) is 7.76. The Morgan fingerprint density at radius 2 is 1.56 bits per heavy atom. The predicted molar refractivity (Wildman–Crippen MR) is 96.2 cm³/mol. The summed E-state index contributed by atoms with van der Waals surface area (Å²) in [5.41, 5.74) is 1.87. The number of hydrogen-bond donors (Lipinski definition) is 1. The lowest BCUT2D eigenvalue weighted by atomic mass is 10.1. The summed E-state index contributed by atoms with van der Waals surface area (Å²) in [5, 5.41) is 0. The number of hydrogen-bond acceptors (Lipinski definition) is 5. The van der Waals surface area contributed by atoms with Gasteiger partial charge in [0.2, 0.25) is 10.0 Å². The molecule has 25 heavy (non-hydrogen) atoms. The zero-order valence-electron chi connectivity index (χ0n) is 14.8. The maximum atomic E-state index is 12.5. The molecule has 0 saturated heterocycles. The molecule has 2 aromatic carbocycles. The lowest BCUT2D eigenvalue weighted by Gasteiger charge is -2.12. The van der Waals surface area contributed by atoms with Gasteiger partial charge in [0.25, 0.3) is 0 Å². The first-order valence-corrected chi connectivity index (χ1v) is 9.25. The summed E-state index contributed by atoms with van der Waals surface area (Å²) in [4.78, 5) is 0.132. The van der Waals surface area contributed by atoms with Crippen LogP contribution in [0.3, 0.4) is 0 Å². The second kappa shape index (κ2) is 8.22. The number of rotatable bonds is 8. The van der Waals surface area contributed by atoms with Gasteiger partial charge in [-0.25, -0.2) is 13.1 Å².